The van der Waals surface area contributed by atoms with Crippen LogP contribution in [0, 0.1) is 13.8 Å². The van der Waals surface area contributed by atoms with Crippen molar-refractivity contribution in [1.29, 1.82) is 0 Å². The maximum atomic E-state index is 5.42. The molecule has 118 valence electrons. The van der Waals surface area contributed by atoms with Crippen LogP contribution in [0.2, 0.25) is 0 Å². The highest BCUT2D eigenvalue weighted by Crippen LogP contribution is 2.28. The highest BCUT2D eigenvalue weighted by atomic mass is 35.5. The van der Waals surface area contributed by atoms with Crippen molar-refractivity contribution in [2.45, 2.75) is 53.1 Å². The van der Waals surface area contributed by atoms with Crippen molar-refractivity contribution in [2.75, 3.05) is 7.05 Å². The summed E-state index contributed by atoms with van der Waals surface area (Å²) in [4.78, 5) is 4.51. The third-order valence-electron chi connectivity index (χ3n) is 3.68. The minimum atomic E-state index is 0. The molecule has 0 aliphatic carbocycles. The Hall–Kier alpha value is -1.33. The number of aromatic nitrogens is 3. The SMILES string of the molecule is CNC(C)Cc1noc(-c2cc(C)n(C(C)C)c2C)n1.Cl. The van der Waals surface area contributed by atoms with E-state index >= 15 is 0 Å². The van der Waals surface area contributed by atoms with E-state index in [-0.39, 0.29) is 12.4 Å². The lowest BCUT2D eigenvalue weighted by Crippen LogP contribution is -2.24. The predicted octanol–water partition coefficient (Wildman–Crippen LogP) is 3.31. The second kappa shape index (κ2) is 7.09. The molecule has 21 heavy (non-hydrogen) atoms. The molecule has 0 fully saturated rings. The lowest BCUT2D eigenvalue weighted by atomic mass is 10.2. The third kappa shape index (κ3) is 3.66. The van der Waals surface area contributed by atoms with Crippen molar-refractivity contribution in [3.63, 3.8) is 0 Å². The normalized spacial score (nSPS) is 12.5. The molecule has 0 saturated heterocycles. The van der Waals surface area contributed by atoms with E-state index in [2.05, 4.69) is 60.7 Å². The Labute approximate surface area is 132 Å². The maximum Gasteiger partial charge on any atom is 0.259 e. The second-order valence-electron chi connectivity index (χ2n) is 5.66. The average Bonchev–Trinajstić information content (AvgIpc) is 2.93. The monoisotopic (exact) mass is 312 g/mol. The summed E-state index contributed by atoms with van der Waals surface area (Å²) in [5, 5.41) is 7.25. The molecule has 1 N–H and O–H groups in total. The standard InChI is InChI=1S/C15H24N4O.ClH/c1-9(2)19-11(4)8-13(12(19)5)15-17-14(18-20-15)7-10(3)16-6;/h8-10,16H,7H2,1-6H3;1H. The van der Waals surface area contributed by atoms with E-state index in [1.54, 1.807) is 0 Å². The van der Waals surface area contributed by atoms with Crippen LogP contribution in [-0.2, 0) is 6.42 Å². The zero-order valence-electron chi connectivity index (χ0n) is 13.6. The van der Waals surface area contributed by atoms with Gasteiger partial charge in [-0.15, -0.1) is 12.4 Å². The van der Waals surface area contributed by atoms with E-state index in [4.69, 9.17) is 4.52 Å². The first-order valence-corrected chi connectivity index (χ1v) is 7.12. The average molecular weight is 313 g/mol. The van der Waals surface area contributed by atoms with Crippen LogP contribution >= 0.6 is 12.4 Å². The lowest BCUT2D eigenvalue weighted by molar-refractivity contribution is 0.417. The largest absolute Gasteiger partial charge is 0.346 e. The Morgan fingerprint density at radius 2 is 1.95 bits per heavy atom. The fourth-order valence-corrected chi connectivity index (χ4v) is 2.61. The molecule has 2 rings (SSSR count). The van der Waals surface area contributed by atoms with Crippen LogP contribution < -0.4 is 5.32 Å². The minimum absolute atomic E-state index is 0. The Balaban J connectivity index is 0.00000220. The van der Waals surface area contributed by atoms with Gasteiger partial charge < -0.3 is 14.4 Å². The van der Waals surface area contributed by atoms with Gasteiger partial charge in [0.25, 0.3) is 5.89 Å². The van der Waals surface area contributed by atoms with Gasteiger partial charge in [-0.2, -0.15) is 4.98 Å². The summed E-state index contributed by atoms with van der Waals surface area (Å²) in [6.07, 6.45) is 0.767. The Morgan fingerprint density at radius 3 is 2.48 bits per heavy atom. The van der Waals surface area contributed by atoms with E-state index in [9.17, 15) is 0 Å². The highest BCUT2D eigenvalue weighted by molar-refractivity contribution is 5.85. The molecular weight excluding hydrogens is 288 g/mol. The summed E-state index contributed by atoms with van der Waals surface area (Å²) >= 11 is 0. The fraction of sp³-hybridized carbons (Fsp3) is 0.600. The van der Waals surface area contributed by atoms with Gasteiger partial charge in [-0.3, -0.25) is 0 Å². The van der Waals surface area contributed by atoms with Crippen molar-refractivity contribution >= 4 is 12.4 Å². The van der Waals surface area contributed by atoms with Crippen LogP contribution in [-0.4, -0.2) is 27.8 Å². The van der Waals surface area contributed by atoms with E-state index in [1.165, 1.54) is 11.4 Å². The van der Waals surface area contributed by atoms with Crippen molar-refractivity contribution in [3.8, 4) is 11.5 Å². The van der Waals surface area contributed by atoms with Crippen LogP contribution in [0.15, 0.2) is 10.6 Å². The molecule has 5 nitrogen and oxygen atoms in total. The maximum absolute atomic E-state index is 5.42. The van der Waals surface area contributed by atoms with Crippen LogP contribution in [0.5, 0.6) is 0 Å². The second-order valence-corrected chi connectivity index (χ2v) is 5.66. The summed E-state index contributed by atoms with van der Waals surface area (Å²) in [6.45, 7) is 10.7. The highest BCUT2D eigenvalue weighted by Gasteiger charge is 2.18. The molecule has 2 aromatic rings. The number of hydrogen-bond donors (Lipinski definition) is 1. The molecule has 6 heteroatoms. The molecule has 1 unspecified atom stereocenters. The van der Waals surface area contributed by atoms with Crippen LogP contribution in [0.25, 0.3) is 11.5 Å². The molecule has 0 bridgehead atoms. The summed E-state index contributed by atoms with van der Waals surface area (Å²) in [5.74, 6) is 1.36. The smallest absolute Gasteiger partial charge is 0.259 e. The van der Waals surface area contributed by atoms with E-state index in [0.29, 0.717) is 18.0 Å². The van der Waals surface area contributed by atoms with Crippen LogP contribution in [0.1, 0.15) is 44.0 Å². The van der Waals surface area contributed by atoms with Crippen molar-refractivity contribution in [3.05, 3.63) is 23.3 Å². The first-order chi connectivity index (χ1) is 9.43. The Morgan fingerprint density at radius 1 is 1.29 bits per heavy atom. The first kappa shape index (κ1) is 17.7. The third-order valence-corrected chi connectivity index (χ3v) is 3.68. The number of nitrogens with zero attached hydrogens (tertiary/aromatic N) is 3. The van der Waals surface area contributed by atoms with Crippen molar-refractivity contribution in [1.82, 2.24) is 20.0 Å². The molecule has 2 heterocycles. The van der Waals surface area contributed by atoms with E-state index in [0.717, 1.165) is 17.8 Å². The minimum Gasteiger partial charge on any atom is -0.346 e. The summed E-state index contributed by atoms with van der Waals surface area (Å²) in [5.41, 5.74) is 3.43. The molecule has 0 aliphatic heterocycles. The zero-order chi connectivity index (χ0) is 14.9. The van der Waals surface area contributed by atoms with Gasteiger partial charge in [-0.25, -0.2) is 0 Å². The quantitative estimate of drug-likeness (QED) is 0.920. The van der Waals surface area contributed by atoms with Gasteiger partial charge in [-0.1, -0.05) is 5.16 Å². The molecular formula is C15H25ClN4O. The van der Waals surface area contributed by atoms with Gasteiger partial charge in [0.15, 0.2) is 5.82 Å². The number of hydrogen-bond acceptors (Lipinski definition) is 4. The molecule has 0 aliphatic rings. The van der Waals surface area contributed by atoms with Gasteiger partial charge in [0.05, 0.1) is 5.56 Å². The van der Waals surface area contributed by atoms with Crippen LogP contribution in [0.3, 0.4) is 0 Å². The molecule has 0 radical (unpaired) electrons. The molecule has 1 atom stereocenters. The fourth-order valence-electron chi connectivity index (χ4n) is 2.61. The number of likely N-dealkylation sites (N-methyl/N-ethyl adjacent to an activating group) is 1. The van der Waals surface area contributed by atoms with Crippen molar-refractivity contribution < 1.29 is 4.52 Å². The molecule has 0 saturated carbocycles. The summed E-state index contributed by atoms with van der Waals surface area (Å²) in [6, 6.07) is 2.88. The van der Waals surface area contributed by atoms with E-state index in [1.807, 2.05) is 7.05 Å². The molecule has 0 amide bonds. The van der Waals surface area contributed by atoms with E-state index < -0.39 is 0 Å². The number of aryl methyl sites for hydroxylation is 1. The van der Waals surface area contributed by atoms with Gasteiger partial charge >= 0.3 is 0 Å². The predicted molar refractivity (Wildman–Crippen MR) is 87.1 cm³/mol. The van der Waals surface area contributed by atoms with Gasteiger partial charge in [0.2, 0.25) is 0 Å². The Bertz CT molecular complexity index is 589. The number of rotatable bonds is 5. The molecule has 2 aromatic heterocycles. The number of halogens is 1. The Kier molecular flexibility index (Phi) is 5.98. The van der Waals surface area contributed by atoms with Gasteiger partial charge in [-0.05, 0) is 47.7 Å². The topological polar surface area (TPSA) is 55.9 Å². The zero-order valence-corrected chi connectivity index (χ0v) is 14.4. The first-order valence-electron chi connectivity index (χ1n) is 7.12. The molecule has 0 spiro atoms. The summed E-state index contributed by atoms with van der Waals surface area (Å²) < 4.78 is 7.71. The van der Waals surface area contributed by atoms with Crippen LogP contribution in [0.4, 0.5) is 0 Å². The van der Waals surface area contributed by atoms with Crippen molar-refractivity contribution in [2.24, 2.45) is 0 Å². The lowest BCUT2D eigenvalue weighted by Gasteiger charge is -2.13. The van der Waals surface area contributed by atoms with Gasteiger partial charge in [0.1, 0.15) is 0 Å². The number of nitrogens with one attached hydrogen (secondary N) is 1. The molecule has 0 aromatic carbocycles. The van der Waals surface area contributed by atoms with Gasteiger partial charge in [0, 0.05) is 29.9 Å². The summed E-state index contributed by atoms with van der Waals surface area (Å²) in [7, 11) is 1.93.